The molecule has 0 saturated heterocycles. The van der Waals surface area contributed by atoms with Gasteiger partial charge in [-0.05, 0) is 60.5 Å². The van der Waals surface area contributed by atoms with Crippen molar-refractivity contribution in [2.24, 2.45) is 5.10 Å². The van der Waals surface area contributed by atoms with Crippen LogP contribution in [0.1, 0.15) is 18.9 Å². The fourth-order valence-electron chi connectivity index (χ4n) is 3.70. The molecule has 0 saturated carbocycles. The van der Waals surface area contributed by atoms with Gasteiger partial charge in [-0.1, -0.05) is 98.0 Å². The van der Waals surface area contributed by atoms with E-state index in [0.29, 0.717) is 6.54 Å². The van der Waals surface area contributed by atoms with E-state index < -0.39 is 0 Å². The van der Waals surface area contributed by atoms with E-state index in [4.69, 9.17) is 17.3 Å². The Morgan fingerprint density at radius 1 is 0.686 bits per heavy atom. The highest BCUT2D eigenvalue weighted by atomic mass is 32.1. The molecular formula is C31H29N3S. The first-order valence-corrected chi connectivity index (χ1v) is 12.2. The van der Waals surface area contributed by atoms with Crippen LogP contribution in [0.5, 0.6) is 0 Å². The number of benzene rings is 4. The minimum Gasteiger partial charge on any atom is -0.311 e. The number of nitrogens with zero attached hydrogens (tertiary/aromatic N) is 3. The Balaban J connectivity index is 1.58. The molecule has 0 spiro atoms. The van der Waals surface area contributed by atoms with Gasteiger partial charge in [0, 0.05) is 21.9 Å². The van der Waals surface area contributed by atoms with Crippen molar-refractivity contribution < 1.29 is 0 Å². The summed E-state index contributed by atoms with van der Waals surface area (Å²) in [7, 11) is 0. The summed E-state index contributed by atoms with van der Waals surface area (Å²) in [5.74, 6) is 0. The molecule has 0 aliphatic carbocycles. The number of hydrogen-bond donors (Lipinski definition) is 0. The van der Waals surface area contributed by atoms with Crippen molar-refractivity contribution >= 4 is 46.0 Å². The number of hydrogen-bond acceptors (Lipinski definition) is 4. The van der Waals surface area contributed by atoms with Gasteiger partial charge in [-0.15, -0.1) is 0 Å². The Morgan fingerprint density at radius 3 is 1.69 bits per heavy atom. The molecular weight excluding hydrogens is 446 g/mol. The van der Waals surface area contributed by atoms with E-state index in [9.17, 15) is 0 Å². The quantitative estimate of drug-likeness (QED) is 0.0994. The lowest BCUT2D eigenvalue weighted by molar-refractivity contribution is 0.975. The van der Waals surface area contributed by atoms with Crippen LogP contribution in [0.3, 0.4) is 0 Å². The van der Waals surface area contributed by atoms with Gasteiger partial charge in [0.2, 0.25) is 0 Å². The second kappa shape index (κ2) is 12.4. The van der Waals surface area contributed by atoms with Crippen LogP contribution >= 0.6 is 12.2 Å². The third-order valence-electron chi connectivity index (χ3n) is 5.43. The van der Waals surface area contributed by atoms with Crippen LogP contribution in [0.15, 0.2) is 133 Å². The van der Waals surface area contributed by atoms with Gasteiger partial charge in [0.15, 0.2) is 0 Å². The van der Waals surface area contributed by atoms with Crippen molar-refractivity contribution in [1.82, 2.24) is 0 Å². The van der Waals surface area contributed by atoms with Gasteiger partial charge in [-0.2, -0.15) is 5.10 Å². The Bertz CT molecular complexity index is 1210. The molecule has 0 heterocycles. The van der Waals surface area contributed by atoms with E-state index >= 15 is 0 Å². The maximum atomic E-state index is 5.56. The van der Waals surface area contributed by atoms with Crippen molar-refractivity contribution in [2.75, 3.05) is 16.5 Å². The lowest BCUT2D eigenvalue weighted by Crippen LogP contribution is -2.23. The Labute approximate surface area is 213 Å². The number of hydrazone groups is 1. The van der Waals surface area contributed by atoms with Crippen LogP contribution in [-0.2, 0) is 0 Å². The largest absolute Gasteiger partial charge is 0.311 e. The molecule has 0 aromatic heterocycles. The molecule has 3 nitrogen and oxygen atoms in total. The predicted octanol–water partition coefficient (Wildman–Crippen LogP) is 8.33. The summed E-state index contributed by atoms with van der Waals surface area (Å²) >= 11 is 5.56. The lowest BCUT2D eigenvalue weighted by atomic mass is 10.1. The van der Waals surface area contributed by atoms with Crippen LogP contribution < -0.4 is 9.91 Å². The third kappa shape index (κ3) is 6.75. The molecule has 4 heteroatoms. The van der Waals surface area contributed by atoms with Crippen molar-refractivity contribution in [3.63, 3.8) is 0 Å². The summed E-state index contributed by atoms with van der Waals surface area (Å²) in [5, 5.41) is 6.72. The Hall–Kier alpha value is -4.02. The highest BCUT2D eigenvalue weighted by molar-refractivity contribution is 7.80. The van der Waals surface area contributed by atoms with E-state index in [1.165, 1.54) is 0 Å². The van der Waals surface area contributed by atoms with Gasteiger partial charge in [-0.3, -0.25) is 5.01 Å². The smallest absolute Gasteiger partial charge is 0.0767 e. The van der Waals surface area contributed by atoms with Crippen LogP contribution in [0.25, 0.3) is 0 Å². The van der Waals surface area contributed by atoms with Crippen LogP contribution in [0, 0.1) is 0 Å². The average molecular weight is 476 g/mol. The normalized spacial score (nSPS) is 11.1. The van der Waals surface area contributed by atoms with Crippen LogP contribution in [0.4, 0.5) is 22.7 Å². The molecule has 0 aliphatic rings. The summed E-state index contributed by atoms with van der Waals surface area (Å²) in [4.78, 5) is 3.10. The highest BCUT2D eigenvalue weighted by Crippen LogP contribution is 2.33. The zero-order valence-electron chi connectivity index (χ0n) is 19.9. The lowest BCUT2D eigenvalue weighted by Gasteiger charge is -2.25. The third-order valence-corrected chi connectivity index (χ3v) is 5.69. The standard InChI is InChI=1S/C31H29N3S/c1-2-3-19-31(35)25-33(27-13-7-4-8-14-27)32-24-26-20-22-30(23-21-26)34(28-15-9-5-10-16-28)29-17-11-6-12-18-29/h3-24H,2,25H2,1H3. The van der Waals surface area contributed by atoms with Gasteiger partial charge < -0.3 is 4.90 Å². The van der Waals surface area contributed by atoms with Gasteiger partial charge in [0.1, 0.15) is 0 Å². The molecule has 0 bridgehead atoms. The number of allylic oxidation sites excluding steroid dienone is 1. The summed E-state index contributed by atoms with van der Waals surface area (Å²) in [6.07, 6.45) is 6.93. The predicted molar refractivity (Wildman–Crippen MR) is 155 cm³/mol. The second-order valence-electron chi connectivity index (χ2n) is 8.01. The molecule has 4 rings (SSSR count). The minimum absolute atomic E-state index is 0.556. The minimum atomic E-state index is 0.556. The molecule has 0 radical (unpaired) electrons. The molecule has 35 heavy (non-hydrogen) atoms. The second-order valence-corrected chi connectivity index (χ2v) is 8.54. The molecule has 174 valence electrons. The summed E-state index contributed by atoms with van der Waals surface area (Å²) in [6, 6.07) is 39.4. The maximum Gasteiger partial charge on any atom is 0.0767 e. The Morgan fingerprint density at radius 2 is 1.17 bits per heavy atom. The molecule has 0 unspecified atom stereocenters. The first kappa shape index (κ1) is 24.1. The van der Waals surface area contributed by atoms with Crippen LogP contribution in [0.2, 0.25) is 0 Å². The summed E-state index contributed by atoms with van der Waals surface area (Å²) in [6.45, 7) is 2.66. The molecule has 4 aromatic carbocycles. The SMILES string of the molecule is CCC=CC(=S)CN(N=Cc1ccc(N(c2ccccc2)c2ccccc2)cc1)c1ccccc1. The number of para-hydroxylation sites is 3. The van der Waals surface area contributed by atoms with Crippen molar-refractivity contribution in [2.45, 2.75) is 13.3 Å². The van der Waals surface area contributed by atoms with Crippen molar-refractivity contribution in [3.05, 3.63) is 133 Å². The summed E-state index contributed by atoms with van der Waals surface area (Å²) < 4.78 is 0. The number of thiocarbonyl (C=S) groups is 1. The van der Waals surface area contributed by atoms with E-state index in [2.05, 4.69) is 90.7 Å². The topological polar surface area (TPSA) is 18.8 Å². The van der Waals surface area contributed by atoms with Gasteiger partial charge in [0.25, 0.3) is 0 Å². The van der Waals surface area contributed by atoms with Crippen molar-refractivity contribution in [3.8, 4) is 0 Å². The van der Waals surface area contributed by atoms with Gasteiger partial charge in [-0.25, -0.2) is 0 Å². The molecule has 0 N–H and O–H groups in total. The molecule has 4 aromatic rings. The maximum absolute atomic E-state index is 5.56. The first-order chi connectivity index (χ1) is 17.2. The van der Waals surface area contributed by atoms with E-state index in [1.807, 2.05) is 59.8 Å². The number of rotatable bonds is 10. The summed E-state index contributed by atoms with van der Waals surface area (Å²) in [5.41, 5.74) is 5.34. The number of anilines is 4. The zero-order chi connectivity index (χ0) is 24.3. The van der Waals surface area contributed by atoms with E-state index in [1.54, 1.807) is 0 Å². The van der Waals surface area contributed by atoms with E-state index in [0.717, 1.165) is 39.6 Å². The highest BCUT2D eigenvalue weighted by Gasteiger charge is 2.11. The van der Waals surface area contributed by atoms with Crippen LogP contribution in [-0.4, -0.2) is 17.6 Å². The average Bonchev–Trinajstić information content (AvgIpc) is 2.92. The van der Waals surface area contributed by atoms with Crippen molar-refractivity contribution in [1.29, 1.82) is 0 Å². The first-order valence-electron chi connectivity index (χ1n) is 11.8. The molecule has 0 fully saturated rings. The van der Waals surface area contributed by atoms with Gasteiger partial charge >= 0.3 is 0 Å². The molecule has 0 atom stereocenters. The molecule has 0 aliphatic heterocycles. The molecule has 0 amide bonds. The zero-order valence-corrected chi connectivity index (χ0v) is 20.7. The fourth-order valence-corrected chi connectivity index (χ4v) is 3.91. The van der Waals surface area contributed by atoms with E-state index in [-0.39, 0.29) is 0 Å². The monoisotopic (exact) mass is 475 g/mol. The fraction of sp³-hybridized carbons (Fsp3) is 0.0968. The van der Waals surface area contributed by atoms with Gasteiger partial charge in [0.05, 0.1) is 18.4 Å². The Kier molecular flexibility index (Phi) is 8.57.